The van der Waals surface area contributed by atoms with Gasteiger partial charge in [0.1, 0.15) is 5.82 Å². The lowest BCUT2D eigenvalue weighted by molar-refractivity contribution is -0.146. The topological polar surface area (TPSA) is 27.0 Å². The predicted molar refractivity (Wildman–Crippen MR) is 63.0 cm³/mol. The molecule has 0 heterocycles. The zero-order valence-electron chi connectivity index (χ0n) is 9.84. The maximum atomic E-state index is 12.8. The number of alkyl halides is 3. The summed E-state index contributed by atoms with van der Waals surface area (Å²) in [5, 5.41) is 8.51. The van der Waals surface area contributed by atoms with Gasteiger partial charge in [-0.2, -0.15) is 18.4 Å². The first kappa shape index (κ1) is 15.7. The van der Waals surface area contributed by atoms with Crippen LogP contribution in [0.15, 0.2) is 18.2 Å². The molecule has 0 radical (unpaired) electrons. The minimum atomic E-state index is -4.36. The maximum Gasteiger partial charge on any atom is 0.401 e. The van der Waals surface area contributed by atoms with Crippen LogP contribution in [0.25, 0.3) is 0 Å². The molecule has 2 nitrogen and oxygen atoms in total. The number of hydrogen-bond acceptors (Lipinski definition) is 2. The molecular weight excluding hydrogens is 284 g/mol. The van der Waals surface area contributed by atoms with Gasteiger partial charge in [-0.05, 0) is 17.7 Å². The Balaban J connectivity index is 2.78. The summed E-state index contributed by atoms with van der Waals surface area (Å²) < 4.78 is 50.0. The molecule has 0 spiro atoms. The molecule has 7 heteroatoms. The van der Waals surface area contributed by atoms with E-state index in [2.05, 4.69) is 0 Å². The summed E-state index contributed by atoms with van der Waals surface area (Å²) in [6, 6.07) is 5.32. The number of nitrogens with zero attached hydrogens (tertiary/aromatic N) is 2. The SMILES string of the molecule is N#CCCN(Cc1ccc(F)cc1Cl)CC(F)(F)F. The van der Waals surface area contributed by atoms with E-state index in [1.54, 1.807) is 6.07 Å². The number of benzene rings is 1. The van der Waals surface area contributed by atoms with Gasteiger partial charge in [-0.25, -0.2) is 4.39 Å². The summed E-state index contributed by atoms with van der Waals surface area (Å²) in [5.74, 6) is -0.548. The minimum absolute atomic E-state index is 0.0190. The zero-order valence-corrected chi connectivity index (χ0v) is 10.6. The smallest absolute Gasteiger partial charge is 0.290 e. The predicted octanol–water partition coefficient (Wildman–Crippen LogP) is 3.76. The molecule has 0 saturated carbocycles. The molecule has 0 amide bonds. The molecule has 104 valence electrons. The molecule has 0 aliphatic carbocycles. The van der Waals surface area contributed by atoms with Crippen LogP contribution in [0.2, 0.25) is 5.02 Å². The van der Waals surface area contributed by atoms with E-state index < -0.39 is 18.5 Å². The molecule has 0 fully saturated rings. The number of halogens is 5. The molecule has 19 heavy (non-hydrogen) atoms. The van der Waals surface area contributed by atoms with Gasteiger partial charge in [0.25, 0.3) is 0 Å². The van der Waals surface area contributed by atoms with E-state index in [4.69, 9.17) is 16.9 Å². The standard InChI is InChI=1S/C12H11ClF4N2/c13-11-6-10(14)3-2-9(11)7-19(5-1-4-18)8-12(15,16)17/h2-3,6H,1,5,7-8H2. The molecule has 0 bridgehead atoms. The lowest BCUT2D eigenvalue weighted by Crippen LogP contribution is -2.34. The molecule has 0 aliphatic rings. The molecule has 0 unspecified atom stereocenters. The highest BCUT2D eigenvalue weighted by atomic mass is 35.5. The number of nitriles is 1. The first-order chi connectivity index (χ1) is 8.81. The van der Waals surface area contributed by atoms with Crippen molar-refractivity contribution in [2.24, 2.45) is 0 Å². The van der Waals surface area contributed by atoms with Gasteiger partial charge in [0.15, 0.2) is 0 Å². The Morgan fingerprint density at radius 3 is 2.53 bits per heavy atom. The van der Waals surface area contributed by atoms with Crippen molar-refractivity contribution in [2.75, 3.05) is 13.1 Å². The van der Waals surface area contributed by atoms with Crippen molar-refractivity contribution in [3.63, 3.8) is 0 Å². The van der Waals surface area contributed by atoms with Crippen molar-refractivity contribution < 1.29 is 17.6 Å². The molecule has 1 aromatic rings. The van der Waals surface area contributed by atoms with Gasteiger partial charge in [0.2, 0.25) is 0 Å². The van der Waals surface area contributed by atoms with Crippen molar-refractivity contribution in [1.29, 1.82) is 5.26 Å². The second-order valence-electron chi connectivity index (χ2n) is 3.97. The average molecular weight is 295 g/mol. The fraction of sp³-hybridized carbons (Fsp3) is 0.417. The van der Waals surface area contributed by atoms with Crippen molar-refractivity contribution in [2.45, 2.75) is 19.1 Å². The molecule has 0 N–H and O–H groups in total. The van der Waals surface area contributed by atoms with Crippen molar-refractivity contribution in [3.8, 4) is 6.07 Å². The molecule has 1 rings (SSSR count). The van der Waals surface area contributed by atoms with Crippen LogP contribution in [-0.2, 0) is 6.54 Å². The van der Waals surface area contributed by atoms with Gasteiger partial charge in [-0.15, -0.1) is 0 Å². The highest BCUT2D eigenvalue weighted by Gasteiger charge is 2.30. The fourth-order valence-electron chi connectivity index (χ4n) is 1.57. The molecule has 0 aliphatic heterocycles. The molecule has 0 saturated heterocycles. The van der Waals surface area contributed by atoms with E-state index in [1.165, 1.54) is 6.07 Å². The van der Waals surface area contributed by atoms with Crippen LogP contribution < -0.4 is 0 Å². The van der Waals surface area contributed by atoms with E-state index in [9.17, 15) is 17.6 Å². The average Bonchev–Trinajstić information content (AvgIpc) is 2.27. The summed E-state index contributed by atoms with van der Waals surface area (Å²) in [4.78, 5) is 1.06. The van der Waals surface area contributed by atoms with Crippen molar-refractivity contribution >= 4 is 11.6 Å². The van der Waals surface area contributed by atoms with Crippen LogP contribution >= 0.6 is 11.6 Å². The first-order valence-electron chi connectivity index (χ1n) is 5.42. The summed E-state index contributed by atoms with van der Waals surface area (Å²) in [6.07, 6.45) is -4.38. The van der Waals surface area contributed by atoms with Crippen molar-refractivity contribution in [1.82, 2.24) is 4.90 Å². The van der Waals surface area contributed by atoms with E-state index in [0.717, 1.165) is 17.0 Å². The third-order valence-corrected chi connectivity index (χ3v) is 2.70. The van der Waals surface area contributed by atoms with Crippen LogP contribution in [0.5, 0.6) is 0 Å². The van der Waals surface area contributed by atoms with Crippen molar-refractivity contribution in [3.05, 3.63) is 34.6 Å². The highest BCUT2D eigenvalue weighted by Crippen LogP contribution is 2.22. The van der Waals surface area contributed by atoms with Crippen LogP contribution in [0.4, 0.5) is 17.6 Å². The minimum Gasteiger partial charge on any atom is -0.290 e. The van der Waals surface area contributed by atoms with Crippen LogP contribution in [0, 0.1) is 17.1 Å². The molecule has 0 atom stereocenters. The summed E-state index contributed by atoms with van der Waals surface area (Å²) in [6.45, 7) is -1.24. The van der Waals surface area contributed by atoms with Gasteiger partial charge in [-0.3, -0.25) is 4.90 Å². The first-order valence-corrected chi connectivity index (χ1v) is 5.79. The normalized spacial score (nSPS) is 11.6. The number of hydrogen-bond donors (Lipinski definition) is 0. The van der Waals surface area contributed by atoms with E-state index in [1.807, 2.05) is 0 Å². The van der Waals surface area contributed by atoms with Gasteiger partial charge >= 0.3 is 6.18 Å². The molecule has 1 aromatic carbocycles. The summed E-state index contributed by atoms with van der Waals surface area (Å²) >= 11 is 5.77. The second kappa shape index (κ2) is 6.73. The third kappa shape index (κ3) is 5.90. The van der Waals surface area contributed by atoms with Gasteiger partial charge in [0.05, 0.1) is 12.6 Å². The van der Waals surface area contributed by atoms with E-state index >= 15 is 0 Å². The van der Waals surface area contributed by atoms with Crippen LogP contribution in [0.3, 0.4) is 0 Å². The van der Waals surface area contributed by atoms with E-state index in [0.29, 0.717) is 5.56 Å². The third-order valence-electron chi connectivity index (χ3n) is 2.35. The fourth-order valence-corrected chi connectivity index (χ4v) is 1.79. The lowest BCUT2D eigenvalue weighted by atomic mass is 10.2. The zero-order chi connectivity index (χ0) is 14.5. The van der Waals surface area contributed by atoms with Gasteiger partial charge in [-0.1, -0.05) is 17.7 Å². The maximum absolute atomic E-state index is 12.8. The Labute approximate surface area is 113 Å². The van der Waals surface area contributed by atoms with Gasteiger partial charge in [0, 0.05) is 24.5 Å². The Hall–Kier alpha value is -1.32. The van der Waals surface area contributed by atoms with Crippen LogP contribution in [-0.4, -0.2) is 24.2 Å². The largest absolute Gasteiger partial charge is 0.401 e. The monoisotopic (exact) mass is 294 g/mol. The Bertz CT molecular complexity index is 468. The van der Waals surface area contributed by atoms with Crippen LogP contribution in [0.1, 0.15) is 12.0 Å². The highest BCUT2D eigenvalue weighted by molar-refractivity contribution is 6.31. The summed E-state index contributed by atoms with van der Waals surface area (Å²) in [5.41, 5.74) is 0.394. The Morgan fingerprint density at radius 1 is 1.32 bits per heavy atom. The Kier molecular flexibility index (Phi) is 5.58. The quantitative estimate of drug-likeness (QED) is 0.773. The second-order valence-corrected chi connectivity index (χ2v) is 4.38. The number of rotatable bonds is 5. The summed E-state index contributed by atoms with van der Waals surface area (Å²) in [7, 11) is 0. The van der Waals surface area contributed by atoms with E-state index in [-0.39, 0.29) is 24.5 Å². The molecule has 0 aromatic heterocycles. The molecular formula is C12H11ClF4N2. The van der Waals surface area contributed by atoms with Gasteiger partial charge < -0.3 is 0 Å². The Morgan fingerprint density at radius 2 is 2.00 bits per heavy atom. The lowest BCUT2D eigenvalue weighted by Gasteiger charge is -2.23.